The van der Waals surface area contributed by atoms with E-state index in [2.05, 4.69) is 9.80 Å². The van der Waals surface area contributed by atoms with Crippen LogP contribution in [0.1, 0.15) is 37.4 Å². The third kappa shape index (κ3) is 3.78. The predicted octanol–water partition coefficient (Wildman–Crippen LogP) is 2.93. The number of piperidine rings is 1. The van der Waals surface area contributed by atoms with Gasteiger partial charge in [0.1, 0.15) is 0 Å². The molecule has 1 aromatic carbocycles. The highest BCUT2D eigenvalue weighted by atomic mass is 35.5. The van der Waals surface area contributed by atoms with Gasteiger partial charge in [0.05, 0.1) is 6.10 Å². The summed E-state index contributed by atoms with van der Waals surface area (Å²) in [6, 6.07) is 8.37. The van der Waals surface area contributed by atoms with Gasteiger partial charge in [-0.2, -0.15) is 0 Å². The molecule has 3 nitrogen and oxygen atoms in total. The summed E-state index contributed by atoms with van der Waals surface area (Å²) in [6.45, 7) is 5.43. The van der Waals surface area contributed by atoms with Gasteiger partial charge in [-0.3, -0.25) is 0 Å². The highest BCUT2D eigenvalue weighted by Crippen LogP contribution is 2.26. The monoisotopic (exact) mass is 308 g/mol. The normalized spacial score (nSPS) is 23.5. The van der Waals surface area contributed by atoms with Gasteiger partial charge in [-0.15, -0.1) is 0 Å². The number of β-amino-alcohol motifs (C(OH)–C–C–N with tert-alkyl or cyclic N) is 1. The van der Waals surface area contributed by atoms with E-state index in [9.17, 15) is 5.11 Å². The molecular weight excluding hydrogens is 284 g/mol. The molecule has 3 rings (SSSR count). The summed E-state index contributed by atoms with van der Waals surface area (Å²) >= 11 is 6.16. The van der Waals surface area contributed by atoms with Gasteiger partial charge in [-0.05, 0) is 57.9 Å². The van der Waals surface area contributed by atoms with Crippen molar-refractivity contribution in [2.75, 3.05) is 32.7 Å². The molecule has 1 aromatic rings. The highest BCUT2D eigenvalue weighted by molar-refractivity contribution is 6.31. The van der Waals surface area contributed by atoms with Crippen molar-refractivity contribution in [3.05, 3.63) is 34.9 Å². The van der Waals surface area contributed by atoms with Crippen molar-refractivity contribution in [2.24, 2.45) is 0 Å². The number of aliphatic hydroxyl groups excluding tert-OH is 1. The fourth-order valence-corrected chi connectivity index (χ4v) is 3.92. The first-order chi connectivity index (χ1) is 10.2. The lowest BCUT2D eigenvalue weighted by Gasteiger charge is -2.37. The van der Waals surface area contributed by atoms with Crippen molar-refractivity contribution < 1.29 is 5.11 Å². The van der Waals surface area contributed by atoms with Crippen LogP contribution in [0, 0.1) is 0 Å². The van der Waals surface area contributed by atoms with Gasteiger partial charge < -0.3 is 14.9 Å². The molecule has 0 aliphatic carbocycles. The van der Waals surface area contributed by atoms with Gasteiger partial charge in [0, 0.05) is 23.2 Å². The van der Waals surface area contributed by atoms with Crippen molar-refractivity contribution in [3.8, 4) is 0 Å². The lowest BCUT2D eigenvalue weighted by atomic mass is 10.0. The van der Waals surface area contributed by atoms with Crippen LogP contribution in [0.2, 0.25) is 5.02 Å². The van der Waals surface area contributed by atoms with Gasteiger partial charge in [0.2, 0.25) is 0 Å². The van der Waals surface area contributed by atoms with E-state index in [0.717, 1.165) is 24.7 Å². The average molecular weight is 309 g/mol. The molecule has 0 spiro atoms. The van der Waals surface area contributed by atoms with Crippen molar-refractivity contribution in [2.45, 2.75) is 37.8 Å². The molecule has 1 atom stereocenters. The van der Waals surface area contributed by atoms with Crippen molar-refractivity contribution in [1.29, 1.82) is 0 Å². The Balaban J connectivity index is 1.50. The Morgan fingerprint density at radius 2 is 1.76 bits per heavy atom. The molecule has 0 bridgehead atoms. The van der Waals surface area contributed by atoms with E-state index in [1.807, 2.05) is 24.3 Å². The quantitative estimate of drug-likeness (QED) is 0.926. The zero-order chi connectivity index (χ0) is 14.7. The number of benzene rings is 1. The van der Waals surface area contributed by atoms with Crippen LogP contribution in [-0.2, 0) is 0 Å². The van der Waals surface area contributed by atoms with E-state index < -0.39 is 6.10 Å². The molecule has 1 N–H and O–H groups in total. The Morgan fingerprint density at radius 3 is 2.43 bits per heavy atom. The molecule has 2 saturated heterocycles. The lowest BCUT2D eigenvalue weighted by Crippen LogP contribution is -2.44. The number of likely N-dealkylation sites (tertiary alicyclic amines) is 2. The zero-order valence-electron chi connectivity index (χ0n) is 12.5. The van der Waals surface area contributed by atoms with Crippen LogP contribution in [0.5, 0.6) is 0 Å². The largest absolute Gasteiger partial charge is 0.387 e. The van der Waals surface area contributed by atoms with Gasteiger partial charge in [0.15, 0.2) is 0 Å². The number of hydrogen-bond acceptors (Lipinski definition) is 3. The Labute approximate surface area is 132 Å². The van der Waals surface area contributed by atoms with Crippen LogP contribution in [0.25, 0.3) is 0 Å². The van der Waals surface area contributed by atoms with E-state index >= 15 is 0 Å². The Bertz CT molecular complexity index is 454. The minimum atomic E-state index is -0.484. The number of rotatable bonds is 4. The minimum absolute atomic E-state index is 0.484. The third-order valence-electron chi connectivity index (χ3n) is 4.91. The molecule has 116 valence electrons. The fourth-order valence-electron chi connectivity index (χ4n) is 3.66. The summed E-state index contributed by atoms with van der Waals surface area (Å²) in [5.74, 6) is 0. The molecule has 2 aliphatic heterocycles. The Kier molecular flexibility index (Phi) is 5.17. The molecule has 2 aliphatic rings. The van der Waals surface area contributed by atoms with Gasteiger partial charge in [0.25, 0.3) is 0 Å². The maximum absolute atomic E-state index is 10.4. The Morgan fingerprint density at radius 1 is 1.10 bits per heavy atom. The summed E-state index contributed by atoms with van der Waals surface area (Å²) in [6.07, 6.45) is 4.71. The van der Waals surface area contributed by atoms with Crippen LogP contribution < -0.4 is 0 Å². The van der Waals surface area contributed by atoms with E-state index in [4.69, 9.17) is 11.6 Å². The molecule has 0 radical (unpaired) electrons. The second kappa shape index (κ2) is 7.10. The van der Waals surface area contributed by atoms with Crippen molar-refractivity contribution in [1.82, 2.24) is 9.80 Å². The molecule has 1 unspecified atom stereocenters. The highest BCUT2D eigenvalue weighted by Gasteiger charge is 2.27. The molecule has 2 fully saturated rings. The van der Waals surface area contributed by atoms with Gasteiger partial charge in [-0.1, -0.05) is 29.8 Å². The average Bonchev–Trinajstić information content (AvgIpc) is 3.02. The molecule has 0 saturated carbocycles. The summed E-state index contributed by atoms with van der Waals surface area (Å²) in [5, 5.41) is 11.1. The minimum Gasteiger partial charge on any atom is -0.387 e. The Hall–Kier alpha value is -0.610. The van der Waals surface area contributed by atoms with Crippen LogP contribution in [0.4, 0.5) is 0 Å². The molecule has 0 amide bonds. The molecule has 2 heterocycles. The van der Waals surface area contributed by atoms with Crippen LogP contribution in [0.15, 0.2) is 24.3 Å². The summed E-state index contributed by atoms with van der Waals surface area (Å²) in [5.41, 5.74) is 0.848. The van der Waals surface area contributed by atoms with Crippen LogP contribution >= 0.6 is 11.6 Å². The van der Waals surface area contributed by atoms with Crippen molar-refractivity contribution >= 4 is 11.6 Å². The fraction of sp³-hybridized carbons (Fsp3) is 0.647. The first-order valence-corrected chi connectivity index (χ1v) is 8.51. The van der Waals surface area contributed by atoms with E-state index in [0.29, 0.717) is 11.6 Å². The number of aliphatic hydroxyl groups is 1. The molecule has 4 heteroatoms. The second-order valence-corrected chi connectivity index (χ2v) is 6.72. The van der Waals surface area contributed by atoms with Gasteiger partial charge in [-0.25, -0.2) is 0 Å². The first-order valence-electron chi connectivity index (χ1n) is 8.13. The maximum atomic E-state index is 10.4. The maximum Gasteiger partial charge on any atom is 0.0931 e. The third-order valence-corrected chi connectivity index (χ3v) is 5.25. The number of halogens is 1. The zero-order valence-corrected chi connectivity index (χ0v) is 13.3. The lowest BCUT2D eigenvalue weighted by molar-refractivity contribution is 0.0739. The summed E-state index contributed by atoms with van der Waals surface area (Å²) in [4.78, 5) is 5.03. The topological polar surface area (TPSA) is 26.7 Å². The van der Waals surface area contributed by atoms with Crippen molar-refractivity contribution in [3.63, 3.8) is 0 Å². The smallest absolute Gasteiger partial charge is 0.0931 e. The first kappa shape index (κ1) is 15.3. The van der Waals surface area contributed by atoms with E-state index in [1.54, 1.807) is 0 Å². The second-order valence-electron chi connectivity index (χ2n) is 6.31. The molecule has 0 aromatic heterocycles. The standard InChI is InChI=1S/C17H25ClN2O/c18-16-6-2-1-5-15(16)17(21)13-19-11-7-14(8-12-19)20-9-3-4-10-20/h1-2,5-6,14,17,21H,3-4,7-13H2. The van der Waals surface area contributed by atoms with Crippen LogP contribution in [-0.4, -0.2) is 53.7 Å². The van der Waals surface area contributed by atoms with E-state index in [1.165, 1.54) is 38.8 Å². The van der Waals surface area contributed by atoms with Gasteiger partial charge >= 0.3 is 0 Å². The van der Waals surface area contributed by atoms with E-state index in [-0.39, 0.29) is 0 Å². The summed E-state index contributed by atoms with van der Waals surface area (Å²) < 4.78 is 0. The van der Waals surface area contributed by atoms with Crippen LogP contribution in [0.3, 0.4) is 0 Å². The predicted molar refractivity (Wildman–Crippen MR) is 86.7 cm³/mol. The molecular formula is C17H25ClN2O. The number of nitrogens with zero attached hydrogens (tertiary/aromatic N) is 2. The number of hydrogen-bond donors (Lipinski definition) is 1. The molecule has 21 heavy (non-hydrogen) atoms. The SMILES string of the molecule is OC(CN1CCC(N2CCCC2)CC1)c1ccccc1Cl. The summed E-state index contributed by atoms with van der Waals surface area (Å²) in [7, 11) is 0.